The normalized spacial score (nSPS) is 30.4. The van der Waals surface area contributed by atoms with E-state index in [2.05, 4.69) is 20.1 Å². The summed E-state index contributed by atoms with van der Waals surface area (Å²) in [5, 5.41) is 10.6. The van der Waals surface area contributed by atoms with E-state index in [1.807, 2.05) is 59.7 Å². The number of nitrogens with zero attached hydrogens (tertiary/aromatic N) is 3. The topological polar surface area (TPSA) is 90.4 Å². The molecule has 0 radical (unpaired) electrons. The molecule has 0 aliphatic carbocycles. The van der Waals surface area contributed by atoms with E-state index in [-0.39, 0.29) is 42.7 Å². The lowest BCUT2D eigenvalue weighted by Gasteiger charge is -2.41. The summed E-state index contributed by atoms with van der Waals surface area (Å²) < 4.78 is 6.96. The number of hydrogen-bond donors (Lipinski definition) is 1. The number of benzene rings is 1. The van der Waals surface area contributed by atoms with Crippen LogP contribution in [0.2, 0.25) is 0 Å². The lowest BCUT2D eigenvalue weighted by molar-refractivity contribution is -0.154. The van der Waals surface area contributed by atoms with Gasteiger partial charge in [0.15, 0.2) is 0 Å². The van der Waals surface area contributed by atoms with E-state index < -0.39 is 35.1 Å². The third kappa shape index (κ3) is 4.80. The third-order valence-electron chi connectivity index (χ3n) is 9.95. The number of ether oxygens (including phenoxy) is 1. The van der Waals surface area contributed by atoms with Crippen LogP contribution in [-0.4, -0.2) is 82.2 Å². The summed E-state index contributed by atoms with van der Waals surface area (Å²) in [7, 11) is 0. The van der Waals surface area contributed by atoms with Gasteiger partial charge in [-0.3, -0.25) is 14.4 Å². The average molecular weight is 580 g/mol. The van der Waals surface area contributed by atoms with Crippen LogP contribution in [0.1, 0.15) is 58.6 Å². The Hall–Kier alpha value is -2.97. The molecule has 1 N–H and O–H groups in total. The smallest absolute Gasteiger partial charge is 0.253 e. The number of aliphatic hydroxyl groups excluding tert-OH is 1. The molecule has 3 aliphatic rings. The maximum absolute atomic E-state index is 15.0. The van der Waals surface area contributed by atoms with E-state index in [0.29, 0.717) is 19.5 Å². The minimum absolute atomic E-state index is 0.0712. The van der Waals surface area contributed by atoms with Gasteiger partial charge in [0, 0.05) is 25.3 Å². The fraction of sp³-hybridized carbons (Fsp3) is 0.618. The lowest BCUT2D eigenvalue weighted by Crippen LogP contribution is -2.60. The molecule has 0 saturated carbocycles. The molecule has 3 amide bonds. The van der Waals surface area contributed by atoms with Gasteiger partial charge in [0.1, 0.15) is 11.6 Å². The van der Waals surface area contributed by atoms with Gasteiger partial charge in [-0.25, -0.2) is 0 Å². The van der Waals surface area contributed by atoms with Crippen molar-refractivity contribution in [3.63, 3.8) is 0 Å². The van der Waals surface area contributed by atoms with Gasteiger partial charge in [0.05, 0.1) is 30.1 Å². The summed E-state index contributed by atoms with van der Waals surface area (Å²) in [6, 6.07) is 4.34. The minimum atomic E-state index is -1.20. The van der Waals surface area contributed by atoms with Crippen molar-refractivity contribution >= 4 is 23.4 Å². The van der Waals surface area contributed by atoms with Gasteiger partial charge in [-0.2, -0.15) is 0 Å². The first kappa shape index (κ1) is 32.0. The quantitative estimate of drug-likeness (QED) is 0.374. The Morgan fingerprint density at radius 1 is 1.19 bits per heavy atom. The number of fused-ring (bicyclic) bond motifs is 1. The summed E-state index contributed by atoms with van der Waals surface area (Å²) >= 11 is 0. The molecular formula is C34H49N3O5. The van der Waals surface area contributed by atoms with Gasteiger partial charge < -0.3 is 24.5 Å². The maximum Gasteiger partial charge on any atom is 0.253 e. The van der Waals surface area contributed by atoms with Crippen molar-refractivity contribution in [2.75, 3.05) is 31.1 Å². The number of hydrogen-bond acceptors (Lipinski definition) is 5. The second-order valence-electron chi connectivity index (χ2n) is 13.0. The van der Waals surface area contributed by atoms with Crippen LogP contribution < -0.4 is 4.90 Å². The number of anilines is 1. The molecule has 3 fully saturated rings. The van der Waals surface area contributed by atoms with E-state index in [9.17, 15) is 19.5 Å². The zero-order valence-electron chi connectivity index (χ0n) is 26.4. The molecule has 3 saturated heterocycles. The van der Waals surface area contributed by atoms with Crippen LogP contribution in [0.4, 0.5) is 5.69 Å². The molecule has 1 aromatic carbocycles. The van der Waals surface area contributed by atoms with E-state index in [4.69, 9.17) is 4.74 Å². The van der Waals surface area contributed by atoms with Gasteiger partial charge in [0.25, 0.3) is 5.91 Å². The van der Waals surface area contributed by atoms with Crippen LogP contribution >= 0.6 is 0 Å². The summed E-state index contributed by atoms with van der Waals surface area (Å²) in [5.41, 5.74) is 0.564. The molecule has 3 unspecified atom stereocenters. The predicted octanol–water partition coefficient (Wildman–Crippen LogP) is 4.27. The van der Waals surface area contributed by atoms with Crippen molar-refractivity contribution in [3.05, 3.63) is 54.6 Å². The first-order valence-corrected chi connectivity index (χ1v) is 15.4. The summed E-state index contributed by atoms with van der Waals surface area (Å²) in [4.78, 5) is 49.0. The number of aryl methyl sites for hydroxylation is 2. The summed E-state index contributed by atoms with van der Waals surface area (Å²) in [6.45, 7) is 22.4. The van der Waals surface area contributed by atoms with Gasteiger partial charge in [-0.05, 0) is 62.6 Å². The highest BCUT2D eigenvalue weighted by atomic mass is 16.5. The Morgan fingerprint density at radius 2 is 1.86 bits per heavy atom. The Labute approximate surface area is 251 Å². The van der Waals surface area contributed by atoms with E-state index in [1.54, 1.807) is 26.9 Å². The highest BCUT2D eigenvalue weighted by Gasteiger charge is 2.80. The van der Waals surface area contributed by atoms with Crippen LogP contribution in [0.15, 0.2) is 43.5 Å². The van der Waals surface area contributed by atoms with Gasteiger partial charge in [-0.1, -0.05) is 52.0 Å². The van der Waals surface area contributed by atoms with Crippen LogP contribution in [0.3, 0.4) is 0 Å². The number of amides is 3. The largest absolute Gasteiger partial charge is 0.394 e. The molecule has 1 aromatic rings. The molecule has 3 heterocycles. The summed E-state index contributed by atoms with van der Waals surface area (Å²) in [5.74, 6) is -2.49. The SMILES string of the molecule is C=CCN(CCC)C(=O)[C@@H]1[C@H]2C(=O)N([C@@H](CO)C(C)C)C(C(=O)N(CC=C)c3cc(C)ccc3C)C23CC(C)[C@@]1(C)O3. The second kappa shape index (κ2) is 12.0. The number of rotatable bonds is 12. The van der Waals surface area contributed by atoms with Crippen molar-refractivity contribution < 1.29 is 24.2 Å². The van der Waals surface area contributed by atoms with E-state index >= 15 is 0 Å². The molecule has 42 heavy (non-hydrogen) atoms. The second-order valence-corrected chi connectivity index (χ2v) is 13.0. The predicted molar refractivity (Wildman–Crippen MR) is 165 cm³/mol. The van der Waals surface area contributed by atoms with Crippen molar-refractivity contribution in [3.8, 4) is 0 Å². The molecule has 1 spiro atoms. The number of aliphatic hydroxyl groups is 1. The molecule has 2 bridgehead atoms. The van der Waals surface area contributed by atoms with Gasteiger partial charge >= 0.3 is 0 Å². The molecule has 0 aromatic heterocycles. The Morgan fingerprint density at radius 3 is 2.43 bits per heavy atom. The molecule has 8 heteroatoms. The van der Waals surface area contributed by atoms with Crippen molar-refractivity contribution in [2.45, 2.75) is 84.6 Å². The first-order chi connectivity index (χ1) is 19.8. The molecule has 230 valence electrons. The number of likely N-dealkylation sites (tertiary alicyclic amines) is 1. The van der Waals surface area contributed by atoms with Crippen molar-refractivity contribution in [1.29, 1.82) is 0 Å². The first-order valence-electron chi connectivity index (χ1n) is 15.4. The molecule has 3 aliphatic heterocycles. The van der Waals surface area contributed by atoms with Crippen LogP contribution in [0.5, 0.6) is 0 Å². The zero-order valence-corrected chi connectivity index (χ0v) is 26.4. The molecule has 4 rings (SSSR count). The van der Waals surface area contributed by atoms with Crippen molar-refractivity contribution in [2.24, 2.45) is 23.7 Å². The van der Waals surface area contributed by atoms with Crippen molar-refractivity contribution in [1.82, 2.24) is 9.80 Å². The lowest BCUT2D eigenvalue weighted by atomic mass is 9.62. The minimum Gasteiger partial charge on any atom is -0.394 e. The van der Waals surface area contributed by atoms with E-state index in [0.717, 1.165) is 23.2 Å². The van der Waals surface area contributed by atoms with Gasteiger partial charge in [0.2, 0.25) is 11.8 Å². The highest BCUT2D eigenvalue weighted by molar-refractivity contribution is 6.05. The summed E-state index contributed by atoms with van der Waals surface area (Å²) in [6.07, 6.45) is 4.62. The molecular weight excluding hydrogens is 530 g/mol. The Balaban J connectivity index is 1.92. The van der Waals surface area contributed by atoms with E-state index in [1.165, 1.54) is 0 Å². The number of carbonyl (C=O) groups excluding carboxylic acids is 3. The van der Waals surface area contributed by atoms with Crippen LogP contribution in [-0.2, 0) is 19.1 Å². The molecule has 8 nitrogen and oxygen atoms in total. The zero-order chi connectivity index (χ0) is 31.1. The van der Waals surface area contributed by atoms with Crippen LogP contribution in [0.25, 0.3) is 0 Å². The standard InChI is InChI=1S/C34H49N3O5/c1-10-15-35(16-11-2)30(39)27-28-31(40)37(26(20-38)21(4)5)29(34(28)19-24(8)33(27,9)42-34)32(41)36(17-12-3)25-18-22(6)13-14-23(25)7/h10,12-14,18,21,24,26-29,38H,1,3,11,15-17,19-20H2,2,4-9H3/t24?,26-,27-,28-,29?,33+,34?/m0/s1. The fourth-order valence-corrected chi connectivity index (χ4v) is 7.82. The maximum atomic E-state index is 15.0. The molecule has 7 atom stereocenters. The number of carbonyl (C=O) groups is 3. The highest BCUT2D eigenvalue weighted by Crippen LogP contribution is 2.66. The van der Waals surface area contributed by atoms with Crippen LogP contribution in [0, 0.1) is 37.5 Å². The van der Waals surface area contributed by atoms with Gasteiger partial charge in [-0.15, -0.1) is 13.2 Å². The third-order valence-corrected chi connectivity index (χ3v) is 9.95. The monoisotopic (exact) mass is 579 g/mol. The Kier molecular flexibility index (Phi) is 9.10. The fourth-order valence-electron chi connectivity index (χ4n) is 7.82. The average Bonchev–Trinajstić information content (AvgIpc) is 3.45. The Bertz CT molecular complexity index is 1250.